The van der Waals surface area contributed by atoms with Gasteiger partial charge in [-0.05, 0) is 64.6 Å². The molecule has 2 N–H and O–H groups in total. The van der Waals surface area contributed by atoms with Crippen molar-refractivity contribution in [2.45, 2.75) is 6.42 Å². The third kappa shape index (κ3) is 6.44. The maximum atomic E-state index is 12.7. The van der Waals surface area contributed by atoms with E-state index >= 15 is 0 Å². The number of methoxy groups -OCH3 is 1. The molecular weight excluding hydrogens is 575 g/mol. The smallest absolute Gasteiger partial charge is 0.273 e. The zero-order valence-corrected chi connectivity index (χ0v) is 20.4. The molecule has 0 bridgehead atoms. The van der Waals surface area contributed by atoms with Gasteiger partial charge in [0.2, 0.25) is 0 Å². The van der Waals surface area contributed by atoms with Gasteiger partial charge in [0.05, 0.1) is 22.9 Å². The summed E-state index contributed by atoms with van der Waals surface area (Å²) < 4.78 is 12.6. The molecule has 6 nitrogen and oxygen atoms in total. The van der Waals surface area contributed by atoms with E-state index in [-0.39, 0.29) is 0 Å². The van der Waals surface area contributed by atoms with Gasteiger partial charge in [-0.2, -0.15) is 0 Å². The Kier molecular flexibility index (Phi) is 8.30. The molecular formula is C23H20BrIN2O4. The minimum absolute atomic E-state index is 0.312. The molecule has 2 amide bonds. The fourth-order valence-electron chi connectivity index (χ4n) is 2.79. The maximum absolute atomic E-state index is 12.7. The van der Waals surface area contributed by atoms with Crippen LogP contribution < -0.4 is 20.3 Å². The molecule has 0 aliphatic rings. The van der Waals surface area contributed by atoms with E-state index in [9.17, 15) is 9.59 Å². The third-order valence-electron chi connectivity index (χ3n) is 4.38. The molecule has 0 spiro atoms. The van der Waals surface area contributed by atoms with Crippen molar-refractivity contribution in [1.29, 1.82) is 0 Å². The summed E-state index contributed by atoms with van der Waals surface area (Å²) in [4.78, 5) is 25.1. The van der Waals surface area contributed by atoms with Crippen LogP contribution in [-0.2, 0) is 6.42 Å². The molecule has 0 unspecified atom stereocenters. The van der Waals surface area contributed by atoms with Crippen molar-refractivity contribution in [2.75, 3.05) is 13.7 Å². The molecule has 0 radical (unpaired) electrons. The van der Waals surface area contributed by atoms with Crippen molar-refractivity contribution in [1.82, 2.24) is 10.9 Å². The lowest BCUT2D eigenvalue weighted by Crippen LogP contribution is -2.41. The molecule has 3 aromatic rings. The first kappa shape index (κ1) is 23.1. The quantitative estimate of drug-likeness (QED) is 0.306. The zero-order valence-electron chi connectivity index (χ0n) is 16.7. The number of rotatable bonds is 7. The monoisotopic (exact) mass is 594 g/mol. The molecule has 0 heterocycles. The normalized spacial score (nSPS) is 10.3. The van der Waals surface area contributed by atoms with Crippen molar-refractivity contribution in [3.05, 3.63) is 91.5 Å². The van der Waals surface area contributed by atoms with Crippen LogP contribution in [0.1, 0.15) is 26.3 Å². The number of ether oxygens (including phenoxy) is 2. The average Bonchev–Trinajstić information content (AvgIpc) is 2.78. The number of amides is 2. The van der Waals surface area contributed by atoms with Gasteiger partial charge in [-0.15, -0.1) is 0 Å². The van der Waals surface area contributed by atoms with Crippen LogP contribution >= 0.6 is 38.5 Å². The van der Waals surface area contributed by atoms with Gasteiger partial charge >= 0.3 is 0 Å². The predicted octanol–water partition coefficient (Wildman–Crippen LogP) is 4.76. The number of halogens is 2. The molecule has 3 rings (SSSR count). The van der Waals surface area contributed by atoms with Gasteiger partial charge in [0.15, 0.2) is 0 Å². The van der Waals surface area contributed by atoms with Crippen molar-refractivity contribution < 1.29 is 19.1 Å². The highest BCUT2D eigenvalue weighted by atomic mass is 127. The van der Waals surface area contributed by atoms with Crippen LogP contribution in [0.5, 0.6) is 11.5 Å². The molecule has 8 heteroatoms. The molecule has 0 aliphatic heterocycles. The fraction of sp³-hybridized carbons (Fsp3) is 0.130. The molecule has 0 fully saturated rings. The second-order valence-corrected chi connectivity index (χ2v) is 8.56. The van der Waals surface area contributed by atoms with Gasteiger partial charge < -0.3 is 9.47 Å². The van der Waals surface area contributed by atoms with Crippen LogP contribution in [0.2, 0.25) is 0 Å². The molecule has 0 atom stereocenters. The Bertz CT molecular complexity index is 1080. The van der Waals surface area contributed by atoms with E-state index in [2.05, 4.69) is 49.4 Å². The predicted molar refractivity (Wildman–Crippen MR) is 130 cm³/mol. The number of benzene rings is 3. The van der Waals surface area contributed by atoms with E-state index in [1.165, 1.54) is 0 Å². The highest BCUT2D eigenvalue weighted by Gasteiger charge is 2.15. The highest BCUT2D eigenvalue weighted by molar-refractivity contribution is 14.1. The summed E-state index contributed by atoms with van der Waals surface area (Å²) in [5.74, 6) is 0.195. The SMILES string of the molecule is COc1ccc(C(=O)NNC(=O)c2cc(Br)ccc2OCCc2ccccc2)cc1I. The van der Waals surface area contributed by atoms with Crippen LogP contribution in [0.15, 0.2) is 71.2 Å². The van der Waals surface area contributed by atoms with E-state index in [1.54, 1.807) is 43.5 Å². The first-order chi connectivity index (χ1) is 15.0. The largest absolute Gasteiger partial charge is 0.496 e. The van der Waals surface area contributed by atoms with Gasteiger partial charge in [0.25, 0.3) is 11.8 Å². The fourth-order valence-corrected chi connectivity index (χ4v) is 3.89. The van der Waals surface area contributed by atoms with Crippen LogP contribution in [0.25, 0.3) is 0 Å². The van der Waals surface area contributed by atoms with E-state index in [4.69, 9.17) is 9.47 Å². The van der Waals surface area contributed by atoms with E-state index < -0.39 is 11.8 Å². The lowest BCUT2D eigenvalue weighted by atomic mass is 10.1. The molecule has 0 saturated carbocycles. The number of hydrogen-bond donors (Lipinski definition) is 2. The Labute approximate surface area is 202 Å². The topological polar surface area (TPSA) is 76.7 Å². The standard InChI is InChI=1S/C23H20BrIN2O4/c1-30-21-9-7-16(13-19(21)25)22(28)26-27-23(29)18-14-17(24)8-10-20(18)31-12-11-15-5-3-2-4-6-15/h2-10,13-14H,11-12H2,1H3,(H,26,28)(H,27,29). The number of carbonyl (C=O) groups is 2. The minimum Gasteiger partial charge on any atom is -0.496 e. The van der Waals surface area contributed by atoms with Gasteiger partial charge in [0.1, 0.15) is 11.5 Å². The average molecular weight is 595 g/mol. The summed E-state index contributed by atoms with van der Waals surface area (Å²) in [6, 6.07) is 20.1. The maximum Gasteiger partial charge on any atom is 0.273 e. The lowest BCUT2D eigenvalue weighted by Gasteiger charge is -2.13. The summed E-state index contributed by atoms with van der Waals surface area (Å²) in [6.07, 6.45) is 0.713. The molecule has 31 heavy (non-hydrogen) atoms. The zero-order chi connectivity index (χ0) is 22.2. The summed E-state index contributed by atoms with van der Waals surface area (Å²) >= 11 is 5.45. The van der Waals surface area contributed by atoms with Crippen molar-refractivity contribution in [3.63, 3.8) is 0 Å². The lowest BCUT2D eigenvalue weighted by molar-refractivity contribution is 0.0844. The van der Waals surface area contributed by atoms with Gasteiger partial charge in [-0.1, -0.05) is 46.3 Å². The second kappa shape index (κ2) is 11.1. The van der Waals surface area contributed by atoms with Crippen LogP contribution in [-0.4, -0.2) is 25.5 Å². The number of nitrogens with one attached hydrogen (secondary N) is 2. The van der Waals surface area contributed by atoms with E-state index in [0.29, 0.717) is 35.7 Å². The molecule has 3 aromatic carbocycles. The molecule has 0 aliphatic carbocycles. The van der Waals surface area contributed by atoms with Crippen LogP contribution in [0.3, 0.4) is 0 Å². The molecule has 0 saturated heterocycles. The summed E-state index contributed by atoms with van der Waals surface area (Å²) in [6.45, 7) is 0.419. The summed E-state index contributed by atoms with van der Waals surface area (Å²) in [5.41, 5.74) is 6.74. The van der Waals surface area contributed by atoms with Gasteiger partial charge in [-0.25, -0.2) is 0 Å². The highest BCUT2D eigenvalue weighted by Crippen LogP contribution is 2.24. The second-order valence-electron chi connectivity index (χ2n) is 6.48. The first-order valence-corrected chi connectivity index (χ1v) is 11.3. The number of carbonyl (C=O) groups excluding carboxylic acids is 2. The summed E-state index contributed by atoms with van der Waals surface area (Å²) in [5, 5.41) is 0. The Morgan fingerprint density at radius 2 is 1.65 bits per heavy atom. The number of hydrogen-bond acceptors (Lipinski definition) is 4. The van der Waals surface area contributed by atoms with Crippen molar-refractivity contribution in [2.24, 2.45) is 0 Å². The third-order valence-corrected chi connectivity index (χ3v) is 5.72. The first-order valence-electron chi connectivity index (χ1n) is 9.38. The Hall–Kier alpha value is -2.59. The summed E-state index contributed by atoms with van der Waals surface area (Å²) in [7, 11) is 1.56. The van der Waals surface area contributed by atoms with Gasteiger partial charge in [-0.3, -0.25) is 20.4 Å². The van der Waals surface area contributed by atoms with Crippen LogP contribution in [0.4, 0.5) is 0 Å². The number of hydrazine groups is 1. The minimum atomic E-state index is -0.479. The van der Waals surface area contributed by atoms with Crippen molar-refractivity contribution >= 4 is 50.3 Å². The van der Waals surface area contributed by atoms with E-state index in [0.717, 1.165) is 13.6 Å². The molecule has 0 aromatic heterocycles. The van der Waals surface area contributed by atoms with Crippen molar-refractivity contribution in [3.8, 4) is 11.5 Å². The molecule has 160 valence electrons. The Balaban J connectivity index is 1.63. The van der Waals surface area contributed by atoms with E-state index in [1.807, 2.05) is 30.3 Å². The van der Waals surface area contributed by atoms with Crippen LogP contribution in [0, 0.1) is 3.57 Å². The Morgan fingerprint density at radius 1 is 0.935 bits per heavy atom. The Morgan fingerprint density at radius 3 is 2.35 bits per heavy atom. The van der Waals surface area contributed by atoms with Gasteiger partial charge in [0, 0.05) is 16.5 Å².